The summed E-state index contributed by atoms with van der Waals surface area (Å²) in [6.45, 7) is 1.81. The summed E-state index contributed by atoms with van der Waals surface area (Å²) < 4.78 is 10.8. The lowest BCUT2D eigenvalue weighted by Gasteiger charge is -2.16. The van der Waals surface area contributed by atoms with Gasteiger partial charge in [0, 0.05) is 0 Å². The van der Waals surface area contributed by atoms with Crippen LogP contribution in [0.2, 0.25) is 0 Å². The average molecular weight is 429 g/mol. The van der Waals surface area contributed by atoms with Gasteiger partial charge in [-0.25, -0.2) is 14.5 Å². The van der Waals surface area contributed by atoms with Crippen LogP contribution in [0, 0.1) is 6.92 Å². The standard InChI is InChI=1S/C25H19NO6/c1-16-9-8-14-19(15-16)26-22(27)20(31-24(29)17-10-4-2-5-11-17)21(23(26)28)32-25(30)18-12-6-3-7-13-18/h2-15,20-21H,1H3/t20-,21-/m1/s1. The van der Waals surface area contributed by atoms with Crippen LogP contribution in [0.1, 0.15) is 26.3 Å². The molecule has 1 heterocycles. The van der Waals surface area contributed by atoms with Gasteiger partial charge in [-0.2, -0.15) is 0 Å². The molecule has 0 spiro atoms. The maximum absolute atomic E-state index is 13.2. The Kier molecular flexibility index (Phi) is 5.81. The molecule has 1 saturated heterocycles. The van der Waals surface area contributed by atoms with Gasteiger partial charge < -0.3 is 9.47 Å². The molecule has 4 rings (SSSR count). The van der Waals surface area contributed by atoms with Gasteiger partial charge in [0.2, 0.25) is 12.2 Å². The Morgan fingerprint density at radius 2 is 1.16 bits per heavy atom. The average Bonchev–Trinajstić information content (AvgIpc) is 3.04. The first-order valence-electron chi connectivity index (χ1n) is 9.92. The molecule has 0 radical (unpaired) electrons. The third kappa shape index (κ3) is 4.13. The van der Waals surface area contributed by atoms with Crippen molar-refractivity contribution in [2.45, 2.75) is 19.1 Å². The van der Waals surface area contributed by atoms with E-state index in [1.54, 1.807) is 54.6 Å². The summed E-state index contributed by atoms with van der Waals surface area (Å²) >= 11 is 0. The van der Waals surface area contributed by atoms with Gasteiger partial charge in [-0.15, -0.1) is 0 Å². The highest BCUT2D eigenvalue weighted by Crippen LogP contribution is 2.28. The van der Waals surface area contributed by atoms with Crippen molar-refractivity contribution in [1.82, 2.24) is 0 Å². The Morgan fingerprint density at radius 3 is 1.59 bits per heavy atom. The van der Waals surface area contributed by atoms with E-state index < -0.39 is 36.0 Å². The smallest absolute Gasteiger partial charge is 0.339 e. The predicted octanol–water partition coefficient (Wildman–Crippen LogP) is 3.32. The molecule has 32 heavy (non-hydrogen) atoms. The maximum Gasteiger partial charge on any atom is 0.339 e. The van der Waals surface area contributed by atoms with Gasteiger partial charge in [-0.1, -0.05) is 48.5 Å². The van der Waals surface area contributed by atoms with E-state index in [1.165, 1.54) is 24.3 Å². The third-order valence-corrected chi connectivity index (χ3v) is 4.95. The zero-order valence-corrected chi connectivity index (χ0v) is 17.1. The number of carbonyl (C=O) groups is 4. The fourth-order valence-corrected chi connectivity index (χ4v) is 3.38. The lowest BCUT2D eigenvalue weighted by atomic mass is 10.2. The van der Waals surface area contributed by atoms with Gasteiger partial charge in [-0.3, -0.25) is 9.59 Å². The zero-order chi connectivity index (χ0) is 22.7. The van der Waals surface area contributed by atoms with Crippen molar-refractivity contribution < 1.29 is 28.7 Å². The van der Waals surface area contributed by atoms with E-state index >= 15 is 0 Å². The van der Waals surface area contributed by atoms with Crippen molar-refractivity contribution in [3.63, 3.8) is 0 Å². The van der Waals surface area contributed by atoms with Gasteiger partial charge in [0.15, 0.2) is 0 Å². The number of hydrogen-bond acceptors (Lipinski definition) is 6. The fraction of sp³-hybridized carbons (Fsp3) is 0.120. The van der Waals surface area contributed by atoms with Crippen molar-refractivity contribution in [2.75, 3.05) is 4.90 Å². The number of carbonyl (C=O) groups excluding carboxylic acids is 4. The van der Waals surface area contributed by atoms with Crippen LogP contribution in [0.25, 0.3) is 0 Å². The minimum Gasteiger partial charge on any atom is -0.444 e. The number of esters is 2. The molecule has 2 amide bonds. The van der Waals surface area contributed by atoms with Crippen LogP contribution in [-0.4, -0.2) is 36.0 Å². The summed E-state index contributed by atoms with van der Waals surface area (Å²) in [5, 5.41) is 0. The topological polar surface area (TPSA) is 90.0 Å². The highest BCUT2D eigenvalue weighted by molar-refractivity contribution is 6.25. The van der Waals surface area contributed by atoms with Crippen LogP contribution in [0.15, 0.2) is 84.9 Å². The second kappa shape index (κ2) is 8.85. The van der Waals surface area contributed by atoms with Crippen molar-refractivity contribution in [2.24, 2.45) is 0 Å². The molecule has 1 aliphatic rings. The normalized spacial score (nSPS) is 17.8. The Hall–Kier alpha value is -4.26. The number of imide groups is 1. The molecule has 7 heteroatoms. The third-order valence-electron chi connectivity index (χ3n) is 4.95. The fourth-order valence-electron chi connectivity index (χ4n) is 3.38. The largest absolute Gasteiger partial charge is 0.444 e. The Labute approximate surface area is 184 Å². The molecule has 0 bridgehead atoms. The molecule has 0 aliphatic carbocycles. The number of anilines is 1. The van der Waals surface area contributed by atoms with Gasteiger partial charge in [0.25, 0.3) is 11.8 Å². The number of nitrogens with zero attached hydrogens (tertiary/aromatic N) is 1. The molecule has 1 fully saturated rings. The molecule has 2 atom stereocenters. The summed E-state index contributed by atoms with van der Waals surface area (Å²) in [5.74, 6) is -3.17. The van der Waals surface area contributed by atoms with Gasteiger partial charge in [-0.05, 0) is 48.9 Å². The Bertz CT molecular complexity index is 1100. The number of ether oxygens (including phenoxy) is 2. The van der Waals surface area contributed by atoms with E-state index in [2.05, 4.69) is 0 Å². The molecule has 3 aromatic rings. The van der Waals surface area contributed by atoms with E-state index in [0.29, 0.717) is 5.69 Å². The van der Waals surface area contributed by atoms with Crippen LogP contribution < -0.4 is 4.90 Å². The van der Waals surface area contributed by atoms with Crippen molar-refractivity contribution in [3.8, 4) is 0 Å². The number of hydrogen-bond donors (Lipinski definition) is 0. The van der Waals surface area contributed by atoms with Gasteiger partial charge >= 0.3 is 11.9 Å². The molecular weight excluding hydrogens is 410 g/mol. The van der Waals surface area contributed by atoms with Gasteiger partial charge in [0.1, 0.15) is 0 Å². The number of benzene rings is 3. The lowest BCUT2D eigenvalue weighted by molar-refractivity contribution is -0.130. The van der Waals surface area contributed by atoms with E-state index in [0.717, 1.165) is 10.5 Å². The van der Waals surface area contributed by atoms with Crippen molar-refractivity contribution in [1.29, 1.82) is 0 Å². The number of amides is 2. The first-order valence-corrected chi connectivity index (χ1v) is 9.92. The predicted molar refractivity (Wildman–Crippen MR) is 115 cm³/mol. The molecule has 0 N–H and O–H groups in total. The monoisotopic (exact) mass is 429 g/mol. The molecule has 0 aromatic heterocycles. The molecule has 0 unspecified atom stereocenters. The van der Waals surface area contributed by atoms with Crippen LogP contribution >= 0.6 is 0 Å². The summed E-state index contributed by atoms with van der Waals surface area (Å²) in [7, 11) is 0. The first-order chi connectivity index (χ1) is 15.5. The highest BCUT2D eigenvalue weighted by Gasteiger charge is 2.53. The van der Waals surface area contributed by atoms with Crippen LogP contribution in [-0.2, 0) is 19.1 Å². The summed E-state index contributed by atoms with van der Waals surface area (Å²) in [6.07, 6.45) is -3.22. The minimum absolute atomic E-state index is 0.204. The zero-order valence-electron chi connectivity index (χ0n) is 17.1. The SMILES string of the molecule is Cc1cccc(N2C(=O)[C@H](OC(=O)c3ccccc3)[C@@H](OC(=O)c3ccccc3)C2=O)c1. The Balaban J connectivity index is 1.66. The number of rotatable bonds is 5. The van der Waals surface area contributed by atoms with E-state index in [4.69, 9.17) is 9.47 Å². The molecule has 7 nitrogen and oxygen atoms in total. The first kappa shape index (κ1) is 21.0. The van der Waals surface area contributed by atoms with E-state index in [1.807, 2.05) is 13.0 Å². The quantitative estimate of drug-likeness (QED) is 0.457. The van der Waals surface area contributed by atoms with Crippen molar-refractivity contribution in [3.05, 3.63) is 102 Å². The summed E-state index contributed by atoms with van der Waals surface area (Å²) in [6, 6.07) is 22.8. The maximum atomic E-state index is 13.2. The number of aryl methyl sites for hydroxylation is 1. The second-order valence-corrected chi connectivity index (χ2v) is 7.23. The Morgan fingerprint density at radius 1 is 0.688 bits per heavy atom. The summed E-state index contributed by atoms with van der Waals surface area (Å²) in [4.78, 5) is 52.4. The molecule has 1 aliphatic heterocycles. The van der Waals surface area contributed by atoms with Crippen molar-refractivity contribution >= 4 is 29.4 Å². The van der Waals surface area contributed by atoms with E-state index in [-0.39, 0.29) is 11.1 Å². The molecule has 0 saturated carbocycles. The molecule has 160 valence electrons. The second-order valence-electron chi connectivity index (χ2n) is 7.23. The molecule has 3 aromatic carbocycles. The lowest BCUT2D eigenvalue weighted by Crippen LogP contribution is -2.37. The summed E-state index contributed by atoms with van der Waals surface area (Å²) in [5.41, 5.74) is 1.54. The van der Waals surface area contributed by atoms with Crippen LogP contribution in [0.3, 0.4) is 0 Å². The van der Waals surface area contributed by atoms with Crippen LogP contribution in [0.5, 0.6) is 0 Å². The minimum atomic E-state index is -1.61. The van der Waals surface area contributed by atoms with Crippen LogP contribution in [0.4, 0.5) is 5.69 Å². The molecular formula is C25H19NO6. The van der Waals surface area contributed by atoms with E-state index in [9.17, 15) is 19.2 Å². The highest BCUT2D eigenvalue weighted by atomic mass is 16.6. The van der Waals surface area contributed by atoms with Gasteiger partial charge in [0.05, 0.1) is 16.8 Å².